The number of aryl methyl sites for hydroxylation is 1. The molecule has 3 heterocycles. The third kappa shape index (κ3) is 3.18. The first-order valence-corrected chi connectivity index (χ1v) is 8.01. The molecule has 22 heavy (non-hydrogen) atoms. The molecule has 2 aromatic rings. The molecule has 1 aliphatic heterocycles. The summed E-state index contributed by atoms with van der Waals surface area (Å²) in [5.74, 6) is 0.473. The smallest absolute Gasteiger partial charge is 0.253 e. The highest BCUT2D eigenvalue weighted by Gasteiger charge is 2.26. The van der Waals surface area contributed by atoms with Gasteiger partial charge in [-0.05, 0) is 37.5 Å². The van der Waals surface area contributed by atoms with E-state index in [4.69, 9.17) is 0 Å². The molecule has 0 bridgehead atoms. The van der Waals surface area contributed by atoms with Gasteiger partial charge in [-0.1, -0.05) is 13.3 Å². The zero-order chi connectivity index (χ0) is 15.4. The van der Waals surface area contributed by atoms with Crippen LogP contribution in [0.4, 0.5) is 0 Å². The van der Waals surface area contributed by atoms with Crippen LogP contribution in [0.1, 0.15) is 53.8 Å². The molecule has 1 saturated heterocycles. The lowest BCUT2D eigenvalue weighted by atomic mass is 9.94. The topological polar surface area (TPSA) is 61.9 Å². The molecule has 0 unspecified atom stereocenters. The van der Waals surface area contributed by atoms with Crippen LogP contribution in [-0.4, -0.2) is 39.1 Å². The van der Waals surface area contributed by atoms with Crippen LogP contribution in [0, 0.1) is 0 Å². The fourth-order valence-electron chi connectivity index (χ4n) is 3.10. The summed E-state index contributed by atoms with van der Waals surface area (Å²) in [6.07, 6.45) is 7.60. The SMILES string of the molecule is CCCc1cc(C(=O)N2CCC[C@H](c3ccn[nH]3)C2)ccn1. The van der Waals surface area contributed by atoms with Crippen molar-refractivity contribution < 1.29 is 4.79 Å². The lowest BCUT2D eigenvalue weighted by Crippen LogP contribution is -2.39. The van der Waals surface area contributed by atoms with Gasteiger partial charge < -0.3 is 4.90 Å². The van der Waals surface area contributed by atoms with Crippen LogP contribution in [0.25, 0.3) is 0 Å². The first kappa shape index (κ1) is 14.8. The highest BCUT2D eigenvalue weighted by Crippen LogP contribution is 2.26. The standard InChI is InChI=1S/C17H22N4O/c1-2-4-15-11-13(6-8-18-15)17(22)21-10-3-5-14(12-21)16-7-9-19-20-16/h6-9,11,14H,2-5,10,12H2,1H3,(H,19,20)/t14-/m0/s1. The molecule has 5 heteroatoms. The fraction of sp³-hybridized carbons (Fsp3) is 0.471. The van der Waals surface area contributed by atoms with Gasteiger partial charge in [0.1, 0.15) is 0 Å². The molecule has 116 valence electrons. The summed E-state index contributed by atoms with van der Waals surface area (Å²) in [4.78, 5) is 19.0. The number of pyridine rings is 1. The van der Waals surface area contributed by atoms with E-state index in [1.54, 1.807) is 12.4 Å². The number of aromatic nitrogens is 3. The van der Waals surface area contributed by atoms with Gasteiger partial charge in [-0.3, -0.25) is 14.9 Å². The second-order valence-corrected chi connectivity index (χ2v) is 5.89. The molecule has 2 aromatic heterocycles. The van der Waals surface area contributed by atoms with E-state index >= 15 is 0 Å². The summed E-state index contributed by atoms with van der Waals surface area (Å²) in [6.45, 7) is 3.71. The predicted octanol–water partition coefficient (Wildman–Crippen LogP) is 2.78. The number of hydrogen-bond acceptors (Lipinski definition) is 3. The number of carbonyl (C=O) groups is 1. The molecule has 5 nitrogen and oxygen atoms in total. The molecule has 1 atom stereocenters. The molecule has 3 rings (SSSR count). The maximum absolute atomic E-state index is 12.7. The maximum atomic E-state index is 12.7. The Hall–Kier alpha value is -2.17. The van der Waals surface area contributed by atoms with Crippen molar-refractivity contribution >= 4 is 5.91 Å². The van der Waals surface area contributed by atoms with Crippen molar-refractivity contribution in [3.63, 3.8) is 0 Å². The van der Waals surface area contributed by atoms with E-state index in [2.05, 4.69) is 22.1 Å². The Balaban J connectivity index is 1.72. The Morgan fingerprint density at radius 1 is 1.41 bits per heavy atom. The minimum absolute atomic E-state index is 0.115. The summed E-state index contributed by atoms with van der Waals surface area (Å²) >= 11 is 0. The first-order valence-electron chi connectivity index (χ1n) is 8.01. The van der Waals surface area contributed by atoms with E-state index in [0.29, 0.717) is 5.92 Å². The highest BCUT2D eigenvalue weighted by atomic mass is 16.2. The van der Waals surface area contributed by atoms with Crippen molar-refractivity contribution in [2.24, 2.45) is 0 Å². The van der Waals surface area contributed by atoms with Crippen molar-refractivity contribution in [3.8, 4) is 0 Å². The maximum Gasteiger partial charge on any atom is 0.253 e. The number of amides is 1. The number of carbonyl (C=O) groups excluding carboxylic acids is 1. The van der Waals surface area contributed by atoms with Crippen LogP contribution < -0.4 is 0 Å². The second-order valence-electron chi connectivity index (χ2n) is 5.89. The number of hydrogen-bond donors (Lipinski definition) is 1. The Morgan fingerprint density at radius 2 is 2.32 bits per heavy atom. The molecule has 1 fully saturated rings. The van der Waals surface area contributed by atoms with Crippen molar-refractivity contribution in [2.75, 3.05) is 13.1 Å². The van der Waals surface area contributed by atoms with E-state index in [9.17, 15) is 4.79 Å². The van der Waals surface area contributed by atoms with Gasteiger partial charge in [0, 0.05) is 48.4 Å². The van der Waals surface area contributed by atoms with Crippen molar-refractivity contribution in [3.05, 3.63) is 47.5 Å². The van der Waals surface area contributed by atoms with Crippen LogP contribution in [-0.2, 0) is 6.42 Å². The van der Waals surface area contributed by atoms with E-state index in [0.717, 1.165) is 55.7 Å². The Kier molecular flexibility index (Phi) is 4.51. The van der Waals surface area contributed by atoms with Crippen molar-refractivity contribution in [1.82, 2.24) is 20.1 Å². The third-order valence-corrected chi connectivity index (χ3v) is 4.24. The van der Waals surface area contributed by atoms with E-state index in [1.807, 2.05) is 23.1 Å². The molecular formula is C17H22N4O. The number of nitrogens with one attached hydrogen (secondary N) is 1. The van der Waals surface area contributed by atoms with Crippen molar-refractivity contribution in [2.45, 2.75) is 38.5 Å². The van der Waals surface area contributed by atoms with Crippen LogP contribution in [0.3, 0.4) is 0 Å². The quantitative estimate of drug-likeness (QED) is 0.944. The lowest BCUT2D eigenvalue weighted by molar-refractivity contribution is 0.0705. The van der Waals surface area contributed by atoms with Crippen molar-refractivity contribution in [1.29, 1.82) is 0 Å². The van der Waals surface area contributed by atoms with E-state index < -0.39 is 0 Å². The molecule has 0 aliphatic carbocycles. The number of H-pyrrole nitrogens is 1. The minimum atomic E-state index is 0.115. The molecule has 1 aliphatic rings. The first-order chi connectivity index (χ1) is 10.8. The summed E-state index contributed by atoms with van der Waals surface area (Å²) in [5, 5.41) is 7.05. The van der Waals surface area contributed by atoms with Crippen LogP contribution in [0.2, 0.25) is 0 Å². The van der Waals surface area contributed by atoms with Gasteiger partial charge >= 0.3 is 0 Å². The van der Waals surface area contributed by atoms with E-state index in [1.165, 1.54) is 0 Å². The molecular weight excluding hydrogens is 276 g/mol. The van der Waals surface area contributed by atoms with Gasteiger partial charge in [0.2, 0.25) is 0 Å². The fourth-order valence-corrected chi connectivity index (χ4v) is 3.10. The molecule has 0 aromatic carbocycles. The number of piperidine rings is 1. The summed E-state index contributed by atoms with van der Waals surface area (Å²) in [5.41, 5.74) is 2.87. The van der Waals surface area contributed by atoms with Gasteiger partial charge in [0.05, 0.1) is 0 Å². The van der Waals surface area contributed by atoms with Gasteiger partial charge in [-0.15, -0.1) is 0 Å². The van der Waals surface area contributed by atoms with E-state index in [-0.39, 0.29) is 5.91 Å². The summed E-state index contributed by atoms with van der Waals surface area (Å²) in [6, 6.07) is 5.76. The largest absolute Gasteiger partial charge is 0.338 e. The lowest BCUT2D eigenvalue weighted by Gasteiger charge is -2.32. The molecule has 0 saturated carbocycles. The second kappa shape index (κ2) is 6.73. The van der Waals surface area contributed by atoms with Gasteiger partial charge in [0.15, 0.2) is 0 Å². The van der Waals surface area contributed by atoms with Crippen LogP contribution in [0.5, 0.6) is 0 Å². The Bertz CT molecular complexity index is 623. The van der Waals surface area contributed by atoms with Gasteiger partial charge in [0.25, 0.3) is 5.91 Å². The summed E-state index contributed by atoms with van der Waals surface area (Å²) in [7, 11) is 0. The average Bonchev–Trinajstić information content (AvgIpc) is 3.09. The zero-order valence-electron chi connectivity index (χ0n) is 13.0. The van der Waals surface area contributed by atoms with Gasteiger partial charge in [-0.2, -0.15) is 5.10 Å². The average molecular weight is 298 g/mol. The molecule has 1 N–H and O–H groups in total. The molecule has 0 radical (unpaired) electrons. The molecule has 1 amide bonds. The monoisotopic (exact) mass is 298 g/mol. The van der Waals surface area contributed by atoms with Crippen LogP contribution >= 0.6 is 0 Å². The molecule has 0 spiro atoms. The third-order valence-electron chi connectivity index (χ3n) is 4.24. The number of aromatic amines is 1. The minimum Gasteiger partial charge on any atom is -0.338 e. The normalized spacial score (nSPS) is 18.4. The summed E-state index contributed by atoms with van der Waals surface area (Å²) < 4.78 is 0. The van der Waals surface area contributed by atoms with Gasteiger partial charge in [-0.25, -0.2) is 0 Å². The Labute approximate surface area is 130 Å². The van der Waals surface area contributed by atoms with Crippen LogP contribution in [0.15, 0.2) is 30.6 Å². The number of likely N-dealkylation sites (tertiary alicyclic amines) is 1. The highest BCUT2D eigenvalue weighted by molar-refractivity contribution is 5.94. The Morgan fingerprint density at radius 3 is 3.09 bits per heavy atom. The number of nitrogens with zero attached hydrogens (tertiary/aromatic N) is 3. The predicted molar refractivity (Wildman–Crippen MR) is 84.7 cm³/mol. The number of rotatable bonds is 4. The zero-order valence-corrected chi connectivity index (χ0v) is 13.0.